The number of rotatable bonds is 6. The van der Waals surface area contributed by atoms with E-state index in [1.807, 2.05) is 24.3 Å². The zero-order valence-corrected chi connectivity index (χ0v) is 15.1. The molecule has 3 rings (SSSR count). The molecule has 0 saturated carbocycles. The predicted octanol–water partition coefficient (Wildman–Crippen LogP) is 4.93. The van der Waals surface area contributed by atoms with E-state index >= 15 is 0 Å². The molecule has 0 saturated heterocycles. The molecule has 2 N–H and O–H groups in total. The van der Waals surface area contributed by atoms with Gasteiger partial charge in [-0.25, -0.2) is 4.79 Å². The number of para-hydroxylation sites is 1. The smallest absolute Gasteiger partial charge is 0.337 e. The summed E-state index contributed by atoms with van der Waals surface area (Å²) in [5.74, 6) is -1.26. The second-order valence-corrected chi connectivity index (χ2v) is 6.41. The Morgan fingerprint density at radius 1 is 0.926 bits per heavy atom. The number of aryl methyl sites for hydroxylation is 2. The molecule has 4 heteroatoms. The summed E-state index contributed by atoms with van der Waals surface area (Å²) in [6.07, 6.45) is 0.884. The lowest BCUT2D eigenvalue weighted by atomic mass is 9.97. The van der Waals surface area contributed by atoms with Crippen LogP contribution in [-0.4, -0.2) is 17.0 Å². The van der Waals surface area contributed by atoms with Crippen LogP contribution in [0, 0.1) is 6.92 Å². The number of carbonyl (C=O) groups is 2. The number of anilines is 1. The third kappa shape index (κ3) is 4.61. The largest absolute Gasteiger partial charge is 0.478 e. The van der Waals surface area contributed by atoms with Gasteiger partial charge in [-0.3, -0.25) is 4.79 Å². The maximum Gasteiger partial charge on any atom is 0.337 e. The third-order valence-corrected chi connectivity index (χ3v) is 4.45. The van der Waals surface area contributed by atoms with Crippen molar-refractivity contribution in [2.75, 3.05) is 5.32 Å². The summed E-state index contributed by atoms with van der Waals surface area (Å²) in [6, 6.07) is 22.8. The van der Waals surface area contributed by atoms with E-state index in [9.17, 15) is 14.7 Å². The van der Waals surface area contributed by atoms with E-state index in [4.69, 9.17) is 0 Å². The molecule has 4 nitrogen and oxygen atoms in total. The van der Waals surface area contributed by atoms with Crippen LogP contribution in [0.3, 0.4) is 0 Å². The lowest BCUT2D eigenvalue weighted by Crippen LogP contribution is -2.15. The first-order chi connectivity index (χ1) is 13.0. The summed E-state index contributed by atoms with van der Waals surface area (Å²) < 4.78 is 0. The molecular formula is C23H21NO3. The van der Waals surface area contributed by atoms with Crippen LogP contribution in [0.4, 0.5) is 5.69 Å². The number of hydrogen-bond donors (Lipinski definition) is 2. The Hall–Kier alpha value is -3.40. The van der Waals surface area contributed by atoms with Gasteiger partial charge in [0.15, 0.2) is 0 Å². The van der Waals surface area contributed by atoms with Gasteiger partial charge in [0.1, 0.15) is 0 Å². The minimum Gasteiger partial charge on any atom is -0.478 e. The lowest BCUT2D eigenvalue weighted by Gasteiger charge is -2.10. The Kier molecular flexibility index (Phi) is 5.67. The molecule has 0 atom stereocenters. The van der Waals surface area contributed by atoms with E-state index in [1.54, 1.807) is 18.2 Å². The molecule has 0 aliphatic rings. The van der Waals surface area contributed by atoms with Crippen LogP contribution < -0.4 is 5.32 Å². The molecule has 1 amide bonds. The minimum absolute atomic E-state index is 0.0916. The minimum atomic E-state index is -1.06. The van der Waals surface area contributed by atoms with Gasteiger partial charge in [-0.1, -0.05) is 60.7 Å². The summed E-state index contributed by atoms with van der Waals surface area (Å²) >= 11 is 0. The molecule has 0 aromatic heterocycles. The van der Waals surface area contributed by atoms with Crippen LogP contribution in [0.2, 0.25) is 0 Å². The molecule has 0 aliphatic heterocycles. The first-order valence-corrected chi connectivity index (χ1v) is 8.82. The summed E-state index contributed by atoms with van der Waals surface area (Å²) in [5.41, 5.74) is 5.01. The van der Waals surface area contributed by atoms with E-state index in [1.165, 1.54) is 17.2 Å². The summed E-state index contributed by atoms with van der Waals surface area (Å²) in [7, 11) is 0. The van der Waals surface area contributed by atoms with E-state index in [2.05, 4.69) is 36.5 Å². The predicted molar refractivity (Wildman–Crippen MR) is 107 cm³/mol. The van der Waals surface area contributed by atoms with Crippen LogP contribution in [0.5, 0.6) is 0 Å². The van der Waals surface area contributed by atoms with Gasteiger partial charge < -0.3 is 10.4 Å². The van der Waals surface area contributed by atoms with Crippen molar-refractivity contribution in [2.24, 2.45) is 0 Å². The van der Waals surface area contributed by atoms with Crippen molar-refractivity contribution in [3.05, 3.63) is 89.5 Å². The average molecular weight is 359 g/mol. The quantitative estimate of drug-likeness (QED) is 0.656. The standard InChI is InChI=1S/C23H21NO3/c1-16-15-17(11-13-19(16)18-7-3-2-4-8-18)12-14-22(25)24-21-10-6-5-9-20(21)23(26)27/h2-11,13,15H,12,14H2,1H3,(H,24,25)(H,26,27). The van der Waals surface area contributed by atoms with Gasteiger partial charge in [0.05, 0.1) is 11.3 Å². The maximum absolute atomic E-state index is 12.2. The van der Waals surface area contributed by atoms with Gasteiger partial charge in [0.2, 0.25) is 5.91 Å². The number of carbonyl (C=O) groups excluding carboxylic acids is 1. The highest BCUT2D eigenvalue weighted by atomic mass is 16.4. The zero-order chi connectivity index (χ0) is 19.2. The van der Waals surface area contributed by atoms with Gasteiger partial charge in [0.25, 0.3) is 0 Å². The van der Waals surface area contributed by atoms with Crippen LogP contribution in [0.1, 0.15) is 27.9 Å². The molecule has 0 heterocycles. The van der Waals surface area contributed by atoms with Crippen molar-refractivity contribution in [2.45, 2.75) is 19.8 Å². The molecule has 0 bridgehead atoms. The summed E-state index contributed by atoms with van der Waals surface area (Å²) in [6.45, 7) is 2.06. The number of carboxylic acid groups (broad SMARTS) is 1. The van der Waals surface area contributed by atoms with Crippen molar-refractivity contribution in [3.63, 3.8) is 0 Å². The van der Waals surface area contributed by atoms with Crippen molar-refractivity contribution in [1.29, 1.82) is 0 Å². The van der Waals surface area contributed by atoms with Crippen molar-refractivity contribution in [1.82, 2.24) is 0 Å². The SMILES string of the molecule is Cc1cc(CCC(=O)Nc2ccccc2C(=O)O)ccc1-c1ccccc1. The van der Waals surface area contributed by atoms with Gasteiger partial charge >= 0.3 is 5.97 Å². The maximum atomic E-state index is 12.2. The monoisotopic (exact) mass is 359 g/mol. The Labute approximate surface area is 158 Å². The van der Waals surface area contributed by atoms with Crippen molar-refractivity contribution < 1.29 is 14.7 Å². The second-order valence-electron chi connectivity index (χ2n) is 6.41. The van der Waals surface area contributed by atoms with Crippen LogP contribution in [0.25, 0.3) is 11.1 Å². The van der Waals surface area contributed by atoms with E-state index in [0.29, 0.717) is 12.1 Å². The molecule has 0 radical (unpaired) electrons. The molecule has 0 unspecified atom stereocenters. The summed E-state index contributed by atoms with van der Waals surface area (Å²) in [4.78, 5) is 23.4. The number of amides is 1. The molecule has 136 valence electrons. The molecule has 0 aliphatic carbocycles. The fourth-order valence-electron chi connectivity index (χ4n) is 3.07. The molecule has 27 heavy (non-hydrogen) atoms. The first kappa shape index (κ1) is 18.4. The van der Waals surface area contributed by atoms with Gasteiger partial charge in [-0.2, -0.15) is 0 Å². The van der Waals surface area contributed by atoms with Gasteiger partial charge in [-0.15, -0.1) is 0 Å². The normalized spacial score (nSPS) is 10.4. The number of hydrogen-bond acceptors (Lipinski definition) is 2. The Morgan fingerprint density at radius 2 is 1.63 bits per heavy atom. The molecule has 3 aromatic rings. The second kappa shape index (κ2) is 8.32. The average Bonchev–Trinajstić information content (AvgIpc) is 2.67. The van der Waals surface area contributed by atoms with Crippen LogP contribution in [0.15, 0.2) is 72.8 Å². The molecule has 0 fully saturated rings. The fraction of sp³-hybridized carbons (Fsp3) is 0.130. The Bertz CT molecular complexity index is 964. The van der Waals surface area contributed by atoms with Gasteiger partial charge in [-0.05, 0) is 47.7 Å². The fourth-order valence-corrected chi connectivity index (χ4v) is 3.07. The Morgan fingerprint density at radius 3 is 2.33 bits per heavy atom. The van der Waals surface area contributed by atoms with Crippen LogP contribution in [-0.2, 0) is 11.2 Å². The van der Waals surface area contributed by atoms with E-state index in [0.717, 1.165) is 11.1 Å². The van der Waals surface area contributed by atoms with E-state index < -0.39 is 5.97 Å². The lowest BCUT2D eigenvalue weighted by molar-refractivity contribution is -0.116. The van der Waals surface area contributed by atoms with Crippen LogP contribution >= 0.6 is 0 Å². The molecular weight excluding hydrogens is 338 g/mol. The number of nitrogens with one attached hydrogen (secondary N) is 1. The van der Waals surface area contributed by atoms with Crippen molar-refractivity contribution in [3.8, 4) is 11.1 Å². The third-order valence-electron chi connectivity index (χ3n) is 4.45. The Balaban J connectivity index is 1.64. The number of benzene rings is 3. The zero-order valence-electron chi connectivity index (χ0n) is 15.1. The first-order valence-electron chi connectivity index (χ1n) is 8.82. The highest BCUT2D eigenvalue weighted by Crippen LogP contribution is 2.24. The topological polar surface area (TPSA) is 66.4 Å². The molecule has 0 spiro atoms. The van der Waals surface area contributed by atoms with Crippen molar-refractivity contribution >= 4 is 17.6 Å². The summed E-state index contributed by atoms with van der Waals surface area (Å²) in [5, 5.41) is 11.9. The number of carboxylic acids is 1. The highest BCUT2D eigenvalue weighted by Gasteiger charge is 2.12. The molecule has 3 aromatic carbocycles. The van der Waals surface area contributed by atoms with Gasteiger partial charge in [0, 0.05) is 6.42 Å². The van der Waals surface area contributed by atoms with E-state index in [-0.39, 0.29) is 17.9 Å². The highest BCUT2D eigenvalue weighted by molar-refractivity contribution is 6.00. The number of aromatic carboxylic acids is 1.